The van der Waals surface area contributed by atoms with Crippen LogP contribution in [0.15, 0.2) is 42.6 Å². The Kier molecular flexibility index (Phi) is 4.30. The molecule has 0 spiro atoms. The molecule has 2 rings (SSSR count). The number of anilines is 1. The molecule has 0 bridgehead atoms. The van der Waals surface area contributed by atoms with Gasteiger partial charge in [-0.25, -0.2) is 4.98 Å². The fourth-order valence-electron chi connectivity index (χ4n) is 1.72. The topological polar surface area (TPSA) is 60.2 Å². The predicted molar refractivity (Wildman–Crippen MR) is 80.4 cm³/mol. The summed E-state index contributed by atoms with van der Waals surface area (Å²) in [6, 6.07) is 11.5. The maximum absolute atomic E-state index is 5.69. The second kappa shape index (κ2) is 6.15. The lowest BCUT2D eigenvalue weighted by atomic mass is 10.1. The van der Waals surface area contributed by atoms with Gasteiger partial charge >= 0.3 is 0 Å². The molecule has 19 heavy (non-hydrogen) atoms. The first-order valence-corrected chi connectivity index (χ1v) is 6.23. The number of nitrogens with two attached hydrogens (primary N) is 1. The van der Waals surface area contributed by atoms with Gasteiger partial charge in [0.05, 0.1) is 7.11 Å². The monoisotopic (exact) mass is 273 g/mol. The number of aromatic nitrogens is 1. The van der Waals surface area contributed by atoms with Crippen LogP contribution >= 0.6 is 12.2 Å². The summed E-state index contributed by atoms with van der Waals surface area (Å²) < 4.78 is 5.09. The molecule has 3 N–H and O–H groups in total. The van der Waals surface area contributed by atoms with E-state index >= 15 is 0 Å². The maximum Gasteiger partial charge on any atom is 0.213 e. The summed E-state index contributed by atoms with van der Waals surface area (Å²) in [5, 5.41) is 3.31. The number of methoxy groups -OCH3 is 1. The third-order valence-corrected chi connectivity index (χ3v) is 2.90. The smallest absolute Gasteiger partial charge is 0.213 e. The first-order chi connectivity index (χ1) is 9.20. The van der Waals surface area contributed by atoms with Crippen LogP contribution in [0.5, 0.6) is 5.88 Å². The molecule has 1 aromatic heterocycles. The second-order valence-electron chi connectivity index (χ2n) is 3.97. The normalized spacial score (nSPS) is 9.95. The van der Waals surface area contributed by atoms with Gasteiger partial charge in [-0.15, -0.1) is 0 Å². The van der Waals surface area contributed by atoms with E-state index in [1.54, 1.807) is 13.3 Å². The van der Waals surface area contributed by atoms with Crippen LogP contribution in [-0.2, 0) is 6.54 Å². The van der Waals surface area contributed by atoms with Gasteiger partial charge in [0.2, 0.25) is 5.88 Å². The molecule has 0 atom stereocenters. The van der Waals surface area contributed by atoms with Crippen molar-refractivity contribution in [3.05, 3.63) is 53.7 Å². The summed E-state index contributed by atoms with van der Waals surface area (Å²) in [5.41, 5.74) is 8.53. The van der Waals surface area contributed by atoms with Gasteiger partial charge in [-0.05, 0) is 23.8 Å². The van der Waals surface area contributed by atoms with Crippen molar-refractivity contribution in [1.29, 1.82) is 0 Å². The maximum atomic E-state index is 5.69. The number of pyridine rings is 1. The minimum atomic E-state index is 0.385. The molecule has 0 aliphatic heterocycles. The molecule has 2 aromatic rings. The lowest BCUT2D eigenvalue weighted by molar-refractivity contribution is 0.397. The Morgan fingerprint density at radius 2 is 2.16 bits per heavy atom. The van der Waals surface area contributed by atoms with Crippen molar-refractivity contribution in [3.8, 4) is 5.88 Å². The van der Waals surface area contributed by atoms with Crippen LogP contribution < -0.4 is 15.8 Å². The number of rotatable bonds is 5. The molecule has 0 aliphatic carbocycles. The van der Waals surface area contributed by atoms with Crippen LogP contribution in [0, 0.1) is 0 Å². The first-order valence-electron chi connectivity index (χ1n) is 5.82. The highest BCUT2D eigenvalue weighted by molar-refractivity contribution is 7.80. The highest BCUT2D eigenvalue weighted by Gasteiger charge is 2.04. The molecule has 0 fully saturated rings. The average Bonchev–Trinajstić information content (AvgIpc) is 2.45. The molecular formula is C14H15N3OS. The highest BCUT2D eigenvalue weighted by Crippen LogP contribution is 2.17. The SMILES string of the molecule is COc1cc(CNc2ccccc2C(N)=S)ccn1. The van der Waals surface area contributed by atoms with Crippen LogP contribution in [0.2, 0.25) is 0 Å². The lowest BCUT2D eigenvalue weighted by Crippen LogP contribution is -2.13. The number of ether oxygens (including phenoxy) is 1. The Morgan fingerprint density at radius 1 is 1.37 bits per heavy atom. The highest BCUT2D eigenvalue weighted by atomic mass is 32.1. The van der Waals surface area contributed by atoms with E-state index < -0.39 is 0 Å². The molecular weight excluding hydrogens is 258 g/mol. The van der Waals surface area contributed by atoms with Gasteiger partial charge in [0.15, 0.2) is 0 Å². The number of benzene rings is 1. The van der Waals surface area contributed by atoms with Crippen molar-refractivity contribution in [1.82, 2.24) is 4.98 Å². The zero-order valence-electron chi connectivity index (χ0n) is 10.6. The molecule has 98 valence electrons. The molecule has 5 heteroatoms. The summed E-state index contributed by atoms with van der Waals surface area (Å²) in [7, 11) is 1.60. The summed E-state index contributed by atoms with van der Waals surface area (Å²) in [6.45, 7) is 0.651. The molecule has 0 radical (unpaired) electrons. The van der Waals surface area contributed by atoms with E-state index in [2.05, 4.69) is 10.3 Å². The van der Waals surface area contributed by atoms with Crippen LogP contribution in [0.3, 0.4) is 0 Å². The number of para-hydroxylation sites is 1. The fraction of sp³-hybridized carbons (Fsp3) is 0.143. The Hall–Kier alpha value is -2.14. The van der Waals surface area contributed by atoms with Crippen LogP contribution in [-0.4, -0.2) is 17.1 Å². The second-order valence-corrected chi connectivity index (χ2v) is 4.41. The lowest BCUT2D eigenvalue weighted by Gasteiger charge is -2.11. The Morgan fingerprint density at radius 3 is 2.89 bits per heavy atom. The van der Waals surface area contributed by atoms with Crippen LogP contribution in [0.4, 0.5) is 5.69 Å². The van der Waals surface area contributed by atoms with Crippen molar-refractivity contribution in [3.63, 3.8) is 0 Å². The molecule has 0 unspecified atom stereocenters. The average molecular weight is 273 g/mol. The zero-order chi connectivity index (χ0) is 13.7. The predicted octanol–water partition coefficient (Wildman–Crippen LogP) is 2.34. The van der Waals surface area contributed by atoms with E-state index in [4.69, 9.17) is 22.7 Å². The fourth-order valence-corrected chi connectivity index (χ4v) is 1.90. The van der Waals surface area contributed by atoms with E-state index in [9.17, 15) is 0 Å². The molecule has 0 saturated heterocycles. The summed E-state index contributed by atoms with van der Waals surface area (Å²) in [6.07, 6.45) is 1.72. The van der Waals surface area contributed by atoms with Crippen molar-refractivity contribution < 1.29 is 4.74 Å². The van der Waals surface area contributed by atoms with Crippen LogP contribution in [0.25, 0.3) is 0 Å². The van der Waals surface area contributed by atoms with Gasteiger partial charge in [0.25, 0.3) is 0 Å². The van der Waals surface area contributed by atoms with Crippen LogP contribution in [0.1, 0.15) is 11.1 Å². The third-order valence-electron chi connectivity index (χ3n) is 2.68. The Balaban J connectivity index is 2.12. The van der Waals surface area contributed by atoms with Gasteiger partial charge in [0.1, 0.15) is 4.99 Å². The van der Waals surface area contributed by atoms with Gasteiger partial charge in [-0.1, -0.05) is 24.4 Å². The minimum absolute atomic E-state index is 0.385. The van der Waals surface area contributed by atoms with E-state index in [1.165, 1.54) is 0 Å². The van der Waals surface area contributed by atoms with Gasteiger partial charge in [0, 0.05) is 30.1 Å². The number of nitrogens with zero attached hydrogens (tertiary/aromatic N) is 1. The summed E-state index contributed by atoms with van der Waals surface area (Å²) in [4.78, 5) is 4.45. The molecule has 4 nitrogen and oxygen atoms in total. The van der Waals surface area contributed by atoms with Gasteiger partial charge in [-0.2, -0.15) is 0 Å². The molecule has 0 amide bonds. The van der Waals surface area contributed by atoms with Crippen molar-refractivity contribution >= 4 is 22.9 Å². The third kappa shape index (κ3) is 3.42. The quantitative estimate of drug-likeness (QED) is 0.819. The number of nitrogens with one attached hydrogen (secondary N) is 1. The van der Waals surface area contributed by atoms with E-state index in [-0.39, 0.29) is 0 Å². The van der Waals surface area contributed by atoms with Gasteiger partial charge in [-0.3, -0.25) is 0 Å². The molecule has 1 heterocycles. The molecule has 0 aliphatic rings. The van der Waals surface area contributed by atoms with E-state index in [0.29, 0.717) is 17.4 Å². The number of thiocarbonyl (C=S) groups is 1. The number of hydrogen-bond donors (Lipinski definition) is 2. The Labute approximate surface area is 117 Å². The van der Waals surface area contributed by atoms with E-state index in [0.717, 1.165) is 16.8 Å². The zero-order valence-corrected chi connectivity index (χ0v) is 11.4. The van der Waals surface area contributed by atoms with Gasteiger partial charge < -0.3 is 15.8 Å². The summed E-state index contributed by atoms with van der Waals surface area (Å²) >= 11 is 5.03. The molecule has 0 saturated carbocycles. The summed E-state index contributed by atoms with van der Waals surface area (Å²) in [5.74, 6) is 0.599. The largest absolute Gasteiger partial charge is 0.481 e. The first kappa shape index (κ1) is 13.3. The van der Waals surface area contributed by atoms with Crippen molar-refractivity contribution in [2.45, 2.75) is 6.54 Å². The molecule has 1 aromatic carbocycles. The minimum Gasteiger partial charge on any atom is -0.481 e. The number of hydrogen-bond acceptors (Lipinski definition) is 4. The van der Waals surface area contributed by atoms with Crippen molar-refractivity contribution in [2.24, 2.45) is 5.73 Å². The standard InChI is InChI=1S/C14H15N3OS/c1-18-13-8-10(6-7-16-13)9-17-12-5-3-2-4-11(12)14(15)19/h2-8,17H,9H2,1H3,(H2,15,19). The van der Waals surface area contributed by atoms with Crippen molar-refractivity contribution in [2.75, 3.05) is 12.4 Å². The Bertz CT molecular complexity index is 586. The van der Waals surface area contributed by atoms with E-state index in [1.807, 2.05) is 36.4 Å².